The van der Waals surface area contributed by atoms with E-state index in [0.717, 1.165) is 17.8 Å². The number of rotatable bonds is 5. The summed E-state index contributed by atoms with van der Waals surface area (Å²) in [5.41, 5.74) is 3.53. The average Bonchev–Trinajstić information content (AvgIpc) is 3.18. The van der Waals surface area contributed by atoms with Crippen molar-refractivity contribution in [1.29, 1.82) is 0 Å². The molecule has 0 atom stereocenters. The lowest BCUT2D eigenvalue weighted by Crippen LogP contribution is -2.12. The number of amides is 1. The summed E-state index contributed by atoms with van der Waals surface area (Å²) in [6.07, 6.45) is 0.895. The van der Waals surface area contributed by atoms with Crippen molar-refractivity contribution in [3.05, 3.63) is 47.3 Å². The molecule has 1 fully saturated rings. The van der Waals surface area contributed by atoms with Crippen molar-refractivity contribution in [3.63, 3.8) is 0 Å². The topological polar surface area (TPSA) is 57.8 Å². The molecule has 0 bridgehead atoms. The maximum absolute atomic E-state index is 12.3. The van der Waals surface area contributed by atoms with Crippen LogP contribution in [0.3, 0.4) is 0 Å². The van der Waals surface area contributed by atoms with E-state index >= 15 is 0 Å². The van der Waals surface area contributed by atoms with Crippen LogP contribution in [-0.4, -0.2) is 27.6 Å². The highest BCUT2D eigenvalue weighted by Crippen LogP contribution is 2.45. The summed E-state index contributed by atoms with van der Waals surface area (Å²) in [4.78, 5) is 12.3. The fourth-order valence-corrected chi connectivity index (χ4v) is 5.37. The van der Waals surface area contributed by atoms with Gasteiger partial charge in [-0.2, -0.15) is 5.10 Å². The van der Waals surface area contributed by atoms with Gasteiger partial charge in [-0.15, -0.1) is 23.5 Å². The zero-order valence-corrected chi connectivity index (χ0v) is 15.0. The molecule has 23 heavy (non-hydrogen) atoms. The lowest BCUT2D eigenvalue weighted by atomic mass is 10.1. The molecule has 4 nitrogen and oxygen atoms in total. The molecule has 3 rings (SSSR count). The van der Waals surface area contributed by atoms with Gasteiger partial charge >= 0.3 is 0 Å². The van der Waals surface area contributed by atoms with E-state index in [9.17, 15) is 4.79 Å². The summed E-state index contributed by atoms with van der Waals surface area (Å²) in [5.74, 6) is 2.75. The molecule has 1 amide bonds. The zero-order valence-electron chi connectivity index (χ0n) is 13.3. The minimum Gasteiger partial charge on any atom is -0.321 e. The number of nitrogens with zero attached hydrogens (tertiary/aromatic N) is 1. The third-order valence-corrected chi connectivity index (χ3v) is 6.63. The standard InChI is InChI=1S/C17H21N3OS2/c1-11(2)8-14-10-15(20-19-14)16(21)18-13-5-3-4-12(9-13)17-22-6-7-23-17/h3-5,9-11,17H,6-8H2,1-2H3,(H,18,21)(H,19,20). The quantitative estimate of drug-likeness (QED) is 0.845. The molecule has 0 radical (unpaired) electrons. The lowest BCUT2D eigenvalue weighted by Gasteiger charge is -2.10. The van der Waals surface area contributed by atoms with Gasteiger partial charge in [0, 0.05) is 22.9 Å². The summed E-state index contributed by atoms with van der Waals surface area (Å²) in [6.45, 7) is 4.29. The van der Waals surface area contributed by atoms with Crippen LogP contribution in [0.4, 0.5) is 5.69 Å². The van der Waals surface area contributed by atoms with Gasteiger partial charge in [0.15, 0.2) is 5.69 Å². The van der Waals surface area contributed by atoms with Crippen molar-refractivity contribution < 1.29 is 4.79 Å². The van der Waals surface area contributed by atoms with Gasteiger partial charge in [0.2, 0.25) is 0 Å². The molecule has 2 N–H and O–H groups in total. The first kappa shape index (κ1) is 16.5. The largest absolute Gasteiger partial charge is 0.321 e. The van der Waals surface area contributed by atoms with Crippen LogP contribution in [0.5, 0.6) is 0 Å². The summed E-state index contributed by atoms with van der Waals surface area (Å²) in [6, 6.07) is 9.95. The Morgan fingerprint density at radius 1 is 1.35 bits per heavy atom. The number of hydrogen-bond acceptors (Lipinski definition) is 4. The summed E-state index contributed by atoms with van der Waals surface area (Å²) in [5, 5.41) is 10.0. The molecule has 1 aliphatic rings. The molecular formula is C17H21N3OS2. The minimum atomic E-state index is -0.167. The Bertz CT molecular complexity index is 678. The number of nitrogens with one attached hydrogen (secondary N) is 2. The zero-order chi connectivity index (χ0) is 16.2. The van der Waals surface area contributed by atoms with Crippen molar-refractivity contribution in [1.82, 2.24) is 10.2 Å². The molecule has 2 heterocycles. The molecule has 0 unspecified atom stereocenters. The van der Waals surface area contributed by atoms with Crippen LogP contribution in [0.15, 0.2) is 30.3 Å². The monoisotopic (exact) mass is 347 g/mol. The summed E-state index contributed by atoms with van der Waals surface area (Å²) >= 11 is 3.92. The van der Waals surface area contributed by atoms with E-state index in [4.69, 9.17) is 0 Å². The van der Waals surface area contributed by atoms with Crippen LogP contribution in [0.25, 0.3) is 0 Å². The SMILES string of the molecule is CC(C)Cc1cc(C(=O)Nc2cccc(C3SCCS3)c2)n[nH]1. The van der Waals surface area contributed by atoms with Gasteiger partial charge in [-0.1, -0.05) is 26.0 Å². The van der Waals surface area contributed by atoms with Crippen molar-refractivity contribution >= 4 is 35.1 Å². The number of hydrogen-bond donors (Lipinski definition) is 2. The van der Waals surface area contributed by atoms with Gasteiger partial charge in [0.1, 0.15) is 0 Å². The number of anilines is 1. The second-order valence-corrected chi connectivity index (χ2v) is 8.75. The van der Waals surface area contributed by atoms with Crippen LogP contribution in [-0.2, 0) is 6.42 Å². The number of carbonyl (C=O) groups is 1. The van der Waals surface area contributed by atoms with E-state index in [2.05, 4.69) is 41.5 Å². The Morgan fingerprint density at radius 3 is 2.87 bits per heavy atom. The molecule has 1 aromatic carbocycles. The highest BCUT2D eigenvalue weighted by molar-refractivity contribution is 8.19. The number of carbonyl (C=O) groups excluding carboxylic acids is 1. The molecule has 6 heteroatoms. The van der Waals surface area contributed by atoms with Crippen molar-refractivity contribution in [2.75, 3.05) is 16.8 Å². The molecule has 2 aromatic rings. The van der Waals surface area contributed by atoms with Crippen LogP contribution in [0, 0.1) is 5.92 Å². The third-order valence-electron chi connectivity index (χ3n) is 3.53. The lowest BCUT2D eigenvalue weighted by molar-refractivity contribution is 0.102. The Balaban J connectivity index is 1.67. The van der Waals surface area contributed by atoms with Crippen molar-refractivity contribution in [2.24, 2.45) is 5.92 Å². The predicted molar refractivity (Wildman–Crippen MR) is 99.2 cm³/mol. The number of aromatic amines is 1. The molecule has 0 saturated carbocycles. The first-order chi connectivity index (χ1) is 11.1. The number of H-pyrrole nitrogens is 1. The Hall–Kier alpha value is -1.40. The van der Waals surface area contributed by atoms with Gasteiger partial charge in [0.05, 0.1) is 4.58 Å². The molecular weight excluding hydrogens is 326 g/mol. The van der Waals surface area contributed by atoms with Gasteiger partial charge in [-0.3, -0.25) is 9.89 Å². The number of aromatic nitrogens is 2. The molecule has 1 aromatic heterocycles. The fraction of sp³-hybridized carbons (Fsp3) is 0.412. The Morgan fingerprint density at radius 2 is 2.13 bits per heavy atom. The van der Waals surface area contributed by atoms with Gasteiger partial charge in [-0.25, -0.2) is 0 Å². The molecule has 1 aliphatic heterocycles. The number of benzene rings is 1. The smallest absolute Gasteiger partial charge is 0.276 e. The molecule has 0 spiro atoms. The van der Waals surface area contributed by atoms with Gasteiger partial charge in [-0.05, 0) is 36.1 Å². The highest BCUT2D eigenvalue weighted by atomic mass is 32.2. The normalized spacial score (nSPS) is 15.3. The van der Waals surface area contributed by atoms with E-state index < -0.39 is 0 Å². The van der Waals surface area contributed by atoms with Crippen LogP contribution >= 0.6 is 23.5 Å². The van der Waals surface area contributed by atoms with E-state index in [-0.39, 0.29) is 5.91 Å². The summed E-state index contributed by atoms with van der Waals surface area (Å²) in [7, 11) is 0. The van der Waals surface area contributed by atoms with Crippen molar-refractivity contribution in [2.45, 2.75) is 24.9 Å². The van der Waals surface area contributed by atoms with E-state index in [0.29, 0.717) is 16.2 Å². The Kier molecular flexibility index (Phi) is 5.33. The minimum absolute atomic E-state index is 0.167. The predicted octanol–water partition coefficient (Wildman–Crippen LogP) is 4.34. The summed E-state index contributed by atoms with van der Waals surface area (Å²) < 4.78 is 0.481. The van der Waals surface area contributed by atoms with E-state index in [1.165, 1.54) is 17.1 Å². The third kappa shape index (κ3) is 4.32. The van der Waals surface area contributed by atoms with Crippen LogP contribution in [0.2, 0.25) is 0 Å². The van der Waals surface area contributed by atoms with Gasteiger partial charge in [0.25, 0.3) is 5.91 Å². The number of thioether (sulfide) groups is 2. The molecule has 1 saturated heterocycles. The second-order valence-electron chi connectivity index (χ2n) is 6.03. The van der Waals surface area contributed by atoms with Crippen LogP contribution < -0.4 is 5.32 Å². The first-order valence-corrected chi connectivity index (χ1v) is 9.90. The first-order valence-electron chi connectivity index (χ1n) is 7.80. The van der Waals surface area contributed by atoms with Crippen molar-refractivity contribution in [3.8, 4) is 0 Å². The van der Waals surface area contributed by atoms with Gasteiger partial charge < -0.3 is 5.32 Å². The Labute approximate surface area is 145 Å². The second kappa shape index (κ2) is 7.45. The highest BCUT2D eigenvalue weighted by Gasteiger charge is 2.19. The maximum atomic E-state index is 12.3. The fourth-order valence-electron chi connectivity index (χ4n) is 2.53. The average molecular weight is 348 g/mol. The molecule has 0 aliphatic carbocycles. The van der Waals surface area contributed by atoms with Crippen LogP contribution in [0.1, 0.15) is 40.2 Å². The van der Waals surface area contributed by atoms with E-state index in [1.54, 1.807) is 0 Å². The maximum Gasteiger partial charge on any atom is 0.276 e. The molecule has 122 valence electrons. The van der Waals surface area contributed by atoms with E-state index in [1.807, 2.05) is 41.7 Å².